The topological polar surface area (TPSA) is 71.7 Å². The lowest BCUT2D eigenvalue weighted by Gasteiger charge is -2.23. The van der Waals surface area contributed by atoms with Crippen LogP contribution in [0.25, 0.3) is 0 Å². The Morgan fingerprint density at radius 1 is 1.29 bits per heavy atom. The van der Waals surface area contributed by atoms with E-state index in [1.807, 2.05) is 4.90 Å². The van der Waals surface area contributed by atoms with E-state index < -0.39 is 0 Å². The van der Waals surface area contributed by atoms with Gasteiger partial charge in [0.05, 0.1) is 19.1 Å². The number of nitrogens with zero attached hydrogens (tertiary/aromatic N) is 4. The van der Waals surface area contributed by atoms with E-state index in [0.29, 0.717) is 31.5 Å². The minimum absolute atomic E-state index is 0.0649. The summed E-state index contributed by atoms with van der Waals surface area (Å²) in [7, 11) is 0. The highest BCUT2D eigenvalue weighted by Crippen LogP contribution is 2.17. The molecule has 2 fully saturated rings. The van der Waals surface area contributed by atoms with Crippen molar-refractivity contribution in [1.29, 1.82) is 0 Å². The van der Waals surface area contributed by atoms with Crippen molar-refractivity contribution < 1.29 is 13.9 Å². The maximum absolute atomic E-state index is 12.4. The van der Waals surface area contributed by atoms with Crippen molar-refractivity contribution >= 4 is 5.91 Å². The molecule has 0 N–H and O–H groups in total. The van der Waals surface area contributed by atoms with Gasteiger partial charge < -0.3 is 14.1 Å². The molecule has 21 heavy (non-hydrogen) atoms. The molecule has 0 aromatic carbocycles. The third kappa shape index (κ3) is 3.59. The van der Waals surface area contributed by atoms with E-state index in [1.165, 1.54) is 0 Å². The van der Waals surface area contributed by atoms with Crippen molar-refractivity contribution in [3.8, 4) is 0 Å². The molecule has 1 atom stereocenters. The minimum Gasteiger partial charge on any atom is -0.424 e. The van der Waals surface area contributed by atoms with Crippen molar-refractivity contribution in [2.75, 3.05) is 39.4 Å². The molecule has 1 aromatic rings. The zero-order valence-corrected chi connectivity index (χ0v) is 12.5. The maximum atomic E-state index is 12.4. The number of carbonyl (C=O) groups is 1. The predicted octanol–water partition coefficient (Wildman–Crippen LogP) is 0.449. The molecule has 2 saturated heterocycles. The molecule has 1 aromatic heterocycles. The van der Waals surface area contributed by atoms with Gasteiger partial charge in [0, 0.05) is 39.7 Å². The summed E-state index contributed by atoms with van der Waals surface area (Å²) in [4.78, 5) is 16.7. The summed E-state index contributed by atoms with van der Waals surface area (Å²) in [6, 6.07) is 0. The van der Waals surface area contributed by atoms with E-state index in [0.717, 1.165) is 39.0 Å². The van der Waals surface area contributed by atoms with Gasteiger partial charge in [0.2, 0.25) is 17.7 Å². The SMILES string of the molecule is Cc1nnc(CN2CCCN(C(=O)C3CCOC3)CC2)o1. The molecule has 0 radical (unpaired) electrons. The van der Waals surface area contributed by atoms with E-state index in [4.69, 9.17) is 9.15 Å². The molecule has 0 saturated carbocycles. The number of hydrogen-bond acceptors (Lipinski definition) is 6. The number of rotatable bonds is 3. The third-order valence-electron chi connectivity index (χ3n) is 4.11. The Kier molecular flexibility index (Phi) is 4.50. The summed E-state index contributed by atoms with van der Waals surface area (Å²) < 4.78 is 10.7. The zero-order valence-electron chi connectivity index (χ0n) is 12.5. The van der Waals surface area contributed by atoms with Crippen LogP contribution in [0.3, 0.4) is 0 Å². The molecule has 7 nitrogen and oxygen atoms in total. The molecule has 7 heteroatoms. The smallest absolute Gasteiger partial charge is 0.230 e. The molecule has 1 unspecified atom stereocenters. The van der Waals surface area contributed by atoms with Gasteiger partial charge in [-0.1, -0.05) is 0 Å². The van der Waals surface area contributed by atoms with Crippen LogP contribution < -0.4 is 0 Å². The van der Waals surface area contributed by atoms with Crippen molar-refractivity contribution in [3.63, 3.8) is 0 Å². The third-order valence-corrected chi connectivity index (χ3v) is 4.11. The van der Waals surface area contributed by atoms with E-state index in [2.05, 4.69) is 15.1 Å². The number of aryl methyl sites for hydroxylation is 1. The summed E-state index contributed by atoms with van der Waals surface area (Å²) in [6.45, 7) is 7.15. The van der Waals surface area contributed by atoms with Gasteiger partial charge in [-0.05, 0) is 12.8 Å². The fraction of sp³-hybridized carbons (Fsp3) is 0.786. The van der Waals surface area contributed by atoms with Crippen molar-refractivity contribution in [2.24, 2.45) is 5.92 Å². The molecular formula is C14H22N4O3. The molecule has 2 aliphatic rings. The number of amides is 1. The molecular weight excluding hydrogens is 272 g/mol. The van der Waals surface area contributed by atoms with Gasteiger partial charge in [-0.2, -0.15) is 0 Å². The second-order valence-electron chi connectivity index (χ2n) is 5.73. The van der Waals surface area contributed by atoms with Gasteiger partial charge in [-0.15, -0.1) is 10.2 Å². The normalized spacial score (nSPS) is 24.2. The Balaban J connectivity index is 1.52. The maximum Gasteiger partial charge on any atom is 0.230 e. The van der Waals surface area contributed by atoms with Gasteiger partial charge in [0.15, 0.2) is 0 Å². The lowest BCUT2D eigenvalue weighted by atomic mass is 10.1. The highest BCUT2D eigenvalue weighted by molar-refractivity contribution is 5.79. The van der Waals surface area contributed by atoms with Gasteiger partial charge in [-0.25, -0.2) is 0 Å². The van der Waals surface area contributed by atoms with Gasteiger partial charge in [-0.3, -0.25) is 9.69 Å². The number of ether oxygens (including phenoxy) is 1. The molecule has 3 heterocycles. The number of carbonyl (C=O) groups excluding carboxylic acids is 1. The quantitative estimate of drug-likeness (QED) is 0.806. The van der Waals surface area contributed by atoms with E-state index in [1.54, 1.807) is 6.92 Å². The fourth-order valence-corrected chi connectivity index (χ4v) is 2.93. The Labute approximate surface area is 124 Å². The van der Waals surface area contributed by atoms with Crippen LogP contribution in [0.1, 0.15) is 24.6 Å². The van der Waals surface area contributed by atoms with Crippen LogP contribution >= 0.6 is 0 Å². The summed E-state index contributed by atoms with van der Waals surface area (Å²) in [6.07, 6.45) is 1.84. The van der Waals surface area contributed by atoms with Crippen molar-refractivity contribution in [1.82, 2.24) is 20.0 Å². The second kappa shape index (κ2) is 6.53. The van der Waals surface area contributed by atoms with E-state index in [9.17, 15) is 4.79 Å². The largest absolute Gasteiger partial charge is 0.424 e. The molecule has 116 valence electrons. The Morgan fingerprint density at radius 3 is 2.90 bits per heavy atom. The van der Waals surface area contributed by atoms with Gasteiger partial charge in [0.1, 0.15) is 0 Å². The van der Waals surface area contributed by atoms with Crippen LogP contribution in [0, 0.1) is 12.8 Å². The van der Waals surface area contributed by atoms with Crippen LogP contribution in [0.2, 0.25) is 0 Å². The van der Waals surface area contributed by atoms with E-state index >= 15 is 0 Å². The first-order valence-electron chi connectivity index (χ1n) is 7.60. The Bertz CT molecular complexity index is 484. The van der Waals surface area contributed by atoms with Crippen molar-refractivity contribution in [3.05, 3.63) is 11.8 Å². The number of aromatic nitrogens is 2. The highest BCUT2D eigenvalue weighted by Gasteiger charge is 2.29. The molecule has 0 aliphatic carbocycles. The monoisotopic (exact) mass is 294 g/mol. The Morgan fingerprint density at radius 2 is 2.19 bits per heavy atom. The average molecular weight is 294 g/mol. The van der Waals surface area contributed by atoms with Gasteiger partial charge >= 0.3 is 0 Å². The first-order valence-corrected chi connectivity index (χ1v) is 7.60. The average Bonchev–Trinajstić information content (AvgIpc) is 3.08. The lowest BCUT2D eigenvalue weighted by Crippen LogP contribution is -2.39. The summed E-state index contributed by atoms with van der Waals surface area (Å²) in [5.74, 6) is 1.56. The fourth-order valence-electron chi connectivity index (χ4n) is 2.93. The molecule has 2 aliphatic heterocycles. The summed E-state index contributed by atoms with van der Waals surface area (Å²) in [5.41, 5.74) is 0. The van der Waals surface area contributed by atoms with E-state index in [-0.39, 0.29) is 11.8 Å². The summed E-state index contributed by atoms with van der Waals surface area (Å²) >= 11 is 0. The highest BCUT2D eigenvalue weighted by atomic mass is 16.5. The lowest BCUT2D eigenvalue weighted by molar-refractivity contribution is -0.135. The van der Waals surface area contributed by atoms with Crippen LogP contribution in [0.5, 0.6) is 0 Å². The zero-order chi connectivity index (χ0) is 14.7. The van der Waals surface area contributed by atoms with Crippen LogP contribution in [0.4, 0.5) is 0 Å². The molecule has 3 rings (SSSR count). The number of hydrogen-bond donors (Lipinski definition) is 0. The van der Waals surface area contributed by atoms with Crippen LogP contribution in [0.15, 0.2) is 4.42 Å². The Hall–Kier alpha value is -1.47. The minimum atomic E-state index is 0.0649. The van der Waals surface area contributed by atoms with Crippen molar-refractivity contribution in [2.45, 2.75) is 26.3 Å². The predicted molar refractivity (Wildman–Crippen MR) is 74.4 cm³/mol. The first kappa shape index (κ1) is 14.5. The second-order valence-corrected chi connectivity index (χ2v) is 5.73. The van der Waals surface area contributed by atoms with Gasteiger partial charge in [0.25, 0.3) is 0 Å². The molecule has 1 amide bonds. The van der Waals surface area contributed by atoms with Crippen LogP contribution in [-0.2, 0) is 16.1 Å². The summed E-state index contributed by atoms with van der Waals surface area (Å²) in [5, 5.41) is 7.88. The van der Waals surface area contributed by atoms with Crippen LogP contribution in [-0.4, -0.2) is 65.3 Å². The standard InChI is InChI=1S/C14H22N4O3/c1-11-15-16-13(21-11)9-17-4-2-5-18(7-6-17)14(19)12-3-8-20-10-12/h12H,2-10H2,1H3. The molecule has 0 spiro atoms. The first-order chi connectivity index (χ1) is 10.2. The molecule has 0 bridgehead atoms.